The first-order valence-corrected chi connectivity index (χ1v) is 15.2. The lowest BCUT2D eigenvalue weighted by Gasteiger charge is -2.36. The third-order valence-electron chi connectivity index (χ3n) is 7.98. The lowest BCUT2D eigenvalue weighted by atomic mass is 9.85. The third kappa shape index (κ3) is 4.98. The van der Waals surface area contributed by atoms with Crippen LogP contribution in [0.2, 0.25) is 0 Å². The normalized spacial score (nSPS) is 23.1. The second-order valence-corrected chi connectivity index (χ2v) is 12.7. The molecule has 3 aliphatic rings. The highest BCUT2D eigenvalue weighted by atomic mass is 32.2. The Morgan fingerprint density at radius 2 is 1.87 bits per heavy atom. The maximum absolute atomic E-state index is 13.8. The van der Waals surface area contributed by atoms with Crippen LogP contribution in [0.25, 0.3) is 0 Å². The average Bonchev–Trinajstić information content (AvgIpc) is 3.44. The molecular formula is C28H37N5O4S. The number of hydrogen-bond donors (Lipinski definition) is 1. The number of aromatic nitrogens is 1. The van der Waals surface area contributed by atoms with Crippen LogP contribution < -0.4 is 14.5 Å². The predicted molar refractivity (Wildman–Crippen MR) is 148 cm³/mol. The van der Waals surface area contributed by atoms with E-state index in [9.17, 15) is 18.0 Å². The van der Waals surface area contributed by atoms with Gasteiger partial charge in [-0.2, -0.15) is 0 Å². The lowest BCUT2D eigenvalue weighted by Crippen LogP contribution is -2.49. The monoisotopic (exact) mass is 539 g/mol. The Balaban J connectivity index is 1.42. The molecule has 38 heavy (non-hydrogen) atoms. The van der Waals surface area contributed by atoms with Crippen molar-refractivity contribution >= 4 is 33.3 Å². The first-order chi connectivity index (χ1) is 18.2. The molecule has 0 bridgehead atoms. The van der Waals surface area contributed by atoms with Crippen molar-refractivity contribution in [2.24, 2.45) is 5.92 Å². The van der Waals surface area contributed by atoms with Gasteiger partial charge < -0.3 is 15.1 Å². The number of piperazine rings is 1. The molecule has 1 N–H and O–H groups in total. The highest BCUT2D eigenvalue weighted by Gasteiger charge is 2.38. The Morgan fingerprint density at radius 1 is 1.11 bits per heavy atom. The summed E-state index contributed by atoms with van der Waals surface area (Å²) in [6.07, 6.45) is 4.24. The average molecular weight is 540 g/mol. The number of benzene rings is 1. The molecule has 1 aromatic carbocycles. The number of hydrogen-bond acceptors (Lipinski definition) is 6. The first kappa shape index (κ1) is 26.5. The van der Waals surface area contributed by atoms with Crippen LogP contribution in [0.15, 0.2) is 30.5 Å². The van der Waals surface area contributed by atoms with Gasteiger partial charge in [0, 0.05) is 45.5 Å². The Labute approximate surface area is 225 Å². The summed E-state index contributed by atoms with van der Waals surface area (Å²) >= 11 is 0. The van der Waals surface area contributed by atoms with Gasteiger partial charge >= 0.3 is 0 Å². The Morgan fingerprint density at radius 3 is 2.53 bits per heavy atom. The number of anilines is 2. The van der Waals surface area contributed by atoms with Gasteiger partial charge in [0.1, 0.15) is 5.82 Å². The lowest BCUT2D eigenvalue weighted by molar-refractivity contribution is -0.120. The van der Waals surface area contributed by atoms with E-state index in [-0.39, 0.29) is 29.4 Å². The minimum absolute atomic E-state index is 0.0334. The van der Waals surface area contributed by atoms with E-state index < -0.39 is 10.0 Å². The number of nitrogens with zero attached hydrogens (tertiary/aromatic N) is 4. The van der Waals surface area contributed by atoms with Gasteiger partial charge in [0.05, 0.1) is 22.9 Å². The quantitative estimate of drug-likeness (QED) is 0.606. The minimum atomic E-state index is -3.51. The van der Waals surface area contributed by atoms with E-state index in [1.54, 1.807) is 17.0 Å². The molecule has 5 rings (SSSR count). The third-order valence-corrected chi connectivity index (χ3v) is 9.84. The summed E-state index contributed by atoms with van der Waals surface area (Å²) < 4.78 is 27.3. The molecule has 2 amide bonds. The fourth-order valence-electron chi connectivity index (χ4n) is 6.11. The fraction of sp³-hybridized carbons (Fsp3) is 0.536. The molecule has 0 saturated carbocycles. The predicted octanol–water partition coefficient (Wildman–Crippen LogP) is 2.83. The Bertz CT molecular complexity index is 1340. The number of amides is 2. The Kier molecular flexibility index (Phi) is 7.35. The summed E-state index contributed by atoms with van der Waals surface area (Å²) in [6, 6.07) is 7.46. The van der Waals surface area contributed by atoms with Gasteiger partial charge in [-0.3, -0.25) is 13.9 Å². The van der Waals surface area contributed by atoms with Crippen molar-refractivity contribution in [2.45, 2.75) is 46.0 Å². The SMILES string of the molecule is CCCC1CNC(=O)[C@H]1c1ccc(C(=O)N2CCN(c3ncc(C)cc3C)CC2)c(N2CCCS2(=O)=O)c1. The molecule has 3 saturated heterocycles. The molecule has 204 valence electrons. The van der Waals surface area contributed by atoms with Crippen molar-refractivity contribution in [3.8, 4) is 0 Å². The zero-order valence-electron chi connectivity index (χ0n) is 22.4. The Hall–Kier alpha value is -3.14. The van der Waals surface area contributed by atoms with E-state index in [1.165, 1.54) is 4.31 Å². The fourth-order valence-corrected chi connectivity index (χ4v) is 7.68. The van der Waals surface area contributed by atoms with Crippen LogP contribution in [0.5, 0.6) is 0 Å². The van der Waals surface area contributed by atoms with Crippen LogP contribution in [0.3, 0.4) is 0 Å². The van der Waals surface area contributed by atoms with E-state index in [2.05, 4.69) is 28.2 Å². The summed E-state index contributed by atoms with van der Waals surface area (Å²) in [6.45, 7) is 9.47. The summed E-state index contributed by atoms with van der Waals surface area (Å²) in [5.41, 5.74) is 3.78. The van der Waals surface area contributed by atoms with E-state index in [0.717, 1.165) is 35.3 Å². The van der Waals surface area contributed by atoms with Gasteiger partial charge in [-0.25, -0.2) is 13.4 Å². The summed E-state index contributed by atoms with van der Waals surface area (Å²) in [4.78, 5) is 35.1. The number of nitrogens with one attached hydrogen (secondary N) is 1. The largest absolute Gasteiger partial charge is 0.355 e. The zero-order chi connectivity index (χ0) is 27.0. The van der Waals surface area contributed by atoms with Gasteiger partial charge in [-0.05, 0) is 61.4 Å². The number of aryl methyl sites for hydroxylation is 2. The zero-order valence-corrected chi connectivity index (χ0v) is 23.3. The van der Waals surface area contributed by atoms with Crippen LogP contribution in [0.1, 0.15) is 59.2 Å². The highest BCUT2D eigenvalue weighted by molar-refractivity contribution is 7.93. The van der Waals surface area contributed by atoms with Crippen molar-refractivity contribution in [3.63, 3.8) is 0 Å². The second kappa shape index (κ2) is 10.6. The number of sulfonamides is 1. The molecule has 2 aromatic rings. The maximum Gasteiger partial charge on any atom is 0.256 e. The molecule has 9 nitrogen and oxygen atoms in total. The van der Waals surface area contributed by atoms with Crippen LogP contribution >= 0.6 is 0 Å². The van der Waals surface area contributed by atoms with Crippen molar-refractivity contribution in [3.05, 3.63) is 52.7 Å². The minimum Gasteiger partial charge on any atom is -0.355 e. The molecule has 2 atom stereocenters. The van der Waals surface area contributed by atoms with Gasteiger partial charge in [0.15, 0.2) is 0 Å². The van der Waals surface area contributed by atoms with Gasteiger partial charge in [0.25, 0.3) is 5.91 Å². The molecule has 1 unspecified atom stereocenters. The number of carbonyl (C=O) groups is 2. The topological polar surface area (TPSA) is 103 Å². The van der Waals surface area contributed by atoms with Crippen molar-refractivity contribution < 1.29 is 18.0 Å². The van der Waals surface area contributed by atoms with E-state index in [0.29, 0.717) is 56.9 Å². The van der Waals surface area contributed by atoms with Gasteiger partial charge in [0.2, 0.25) is 15.9 Å². The summed E-state index contributed by atoms with van der Waals surface area (Å²) in [7, 11) is -3.51. The van der Waals surface area contributed by atoms with Gasteiger partial charge in [-0.1, -0.05) is 25.5 Å². The molecule has 1 aromatic heterocycles. The molecule has 0 aliphatic carbocycles. The van der Waals surface area contributed by atoms with Crippen LogP contribution in [-0.2, 0) is 14.8 Å². The van der Waals surface area contributed by atoms with Crippen molar-refractivity contribution in [1.82, 2.24) is 15.2 Å². The van der Waals surface area contributed by atoms with Crippen LogP contribution in [0, 0.1) is 19.8 Å². The van der Waals surface area contributed by atoms with E-state index in [1.807, 2.05) is 26.1 Å². The molecule has 4 heterocycles. The number of pyridine rings is 1. The molecule has 10 heteroatoms. The van der Waals surface area contributed by atoms with E-state index >= 15 is 0 Å². The molecular weight excluding hydrogens is 502 g/mol. The number of rotatable bonds is 6. The van der Waals surface area contributed by atoms with Crippen LogP contribution in [0.4, 0.5) is 11.5 Å². The first-order valence-electron chi connectivity index (χ1n) is 13.6. The molecule has 0 radical (unpaired) electrons. The van der Waals surface area contributed by atoms with Crippen molar-refractivity contribution in [2.75, 3.05) is 54.2 Å². The maximum atomic E-state index is 13.8. The molecule has 0 spiro atoms. The van der Waals surface area contributed by atoms with Crippen molar-refractivity contribution in [1.29, 1.82) is 0 Å². The smallest absolute Gasteiger partial charge is 0.256 e. The standard InChI is InChI=1S/C28H37N5O4S/c1-4-6-22-18-30-27(34)25(22)21-7-8-23(24(16-21)33-9-5-14-38(33,36)37)28(35)32-12-10-31(11-13-32)26-20(3)15-19(2)17-29-26/h7-8,15-17,22,25H,4-6,9-14,18H2,1-3H3,(H,30,34)/t22?,25-/m0/s1. The summed E-state index contributed by atoms with van der Waals surface area (Å²) in [5, 5.41) is 2.97. The van der Waals surface area contributed by atoms with E-state index in [4.69, 9.17) is 0 Å². The van der Waals surface area contributed by atoms with Gasteiger partial charge in [-0.15, -0.1) is 0 Å². The number of carbonyl (C=O) groups excluding carboxylic acids is 2. The molecule has 3 fully saturated rings. The molecule has 3 aliphatic heterocycles. The second-order valence-electron chi connectivity index (χ2n) is 10.7. The summed E-state index contributed by atoms with van der Waals surface area (Å²) in [5.74, 6) is 0.611. The van der Waals surface area contributed by atoms with Crippen LogP contribution in [-0.4, -0.2) is 75.1 Å². The highest BCUT2D eigenvalue weighted by Crippen LogP contribution is 2.37.